The first kappa shape index (κ1) is 46.6. The molecule has 6 fully saturated rings. The molecule has 0 spiro atoms. The summed E-state index contributed by atoms with van der Waals surface area (Å²) in [6.45, 7) is 3.28. The van der Waals surface area contributed by atoms with Crippen LogP contribution < -0.4 is 0 Å². The third-order valence-corrected chi connectivity index (χ3v) is 11.6. The van der Waals surface area contributed by atoms with Crippen LogP contribution in [0, 0.1) is 35.5 Å². The Balaban J connectivity index is 0.000000220. The largest absolute Gasteiger partial charge is 8.00 e. The van der Waals surface area contributed by atoms with Gasteiger partial charge in [-0.2, -0.15) is 36.3 Å². The van der Waals surface area contributed by atoms with E-state index in [9.17, 15) is 28.8 Å². The zero-order valence-corrected chi connectivity index (χ0v) is 32.6. The molecule has 0 radical (unpaired) electrons. The summed E-state index contributed by atoms with van der Waals surface area (Å²) >= 11 is 0. The van der Waals surface area contributed by atoms with Crippen molar-refractivity contribution in [3.8, 4) is 0 Å². The molecule has 12 atom stereocenters. The third kappa shape index (κ3) is 14.3. The van der Waals surface area contributed by atoms with Gasteiger partial charge in [0.1, 0.15) is 0 Å². The van der Waals surface area contributed by atoms with E-state index in [-0.39, 0.29) is 91.2 Å². The van der Waals surface area contributed by atoms with Crippen molar-refractivity contribution in [2.24, 2.45) is 35.5 Å². The predicted molar refractivity (Wildman–Crippen MR) is 194 cm³/mol. The minimum Gasteiger partial charge on any atom is -0.661 e. The van der Waals surface area contributed by atoms with Crippen LogP contribution in [0.2, 0.25) is 0 Å². The Hall–Kier alpha value is -2.80. The Bertz CT molecular complexity index is 1070. The number of nitrogens with zero attached hydrogens (tertiary/aromatic N) is 6. The van der Waals surface area contributed by atoms with E-state index in [2.05, 4.69) is 31.9 Å². The zero-order valence-electron chi connectivity index (χ0n) is 30.8. The fraction of sp³-hybridized carbons (Fsp3) is 0.833. The molecule has 6 aliphatic rings. The molecule has 0 aliphatic carbocycles. The molecule has 6 N–H and O–H groups in total. The molecule has 6 rings (SSSR count). The first-order valence-corrected chi connectivity index (χ1v) is 19.1. The molecular weight excluding hydrogens is 809 g/mol. The SMILES string of the molecule is O=C(O)C1CC[N-]C(C2CC(C(=O)O)CC[N-]2)C1.O=C(O)C1CC[N-]C(C2CC(C(=O)O)CC[N-]2)C1.O=C(O)C1CC[N-]C(C2CC(C(=O)O)CC[N-]2)C1.[Ru+8]. The van der Waals surface area contributed by atoms with Gasteiger partial charge in [-0.05, 0) is 0 Å². The van der Waals surface area contributed by atoms with Crippen LogP contribution in [0.5, 0.6) is 0 Å². The summed E-state index contributed by atoms with van der Waals surface area (Å²) in [5.74, 6) is -6.79. The smallest absolute Gasteiger partial charge is 0.661 e. The van der Waals surface area contributed by atoms with E-state index < -0.39 is 35.8 Å². The van der Waals surface area contributed by atoms with E-state index in [1.807, 2.05) is 0 Å². The first-order chi connectivity index (χ1) is 25.7. The maximum absolute atomic E-state index is 11.0. The molecular formula is C36H54N6O12Ru+2. The van der Waals surface area contributed by atoms with Crippen molar-refractivity contribution in [1.29, 1.82) is 0 Å². The van der Waals surface area contributed by atoms with E-state index in [1.165, 1.54) is 0 Å². The molecule has 0 bridgehead atoms. The number of rotatable bonds is 9. The number of hydrogen-bond donors (Lipinski definition) is 6. The van der Waals surface area contributed by atoms with Crippen molar-refractivity contribution >= 4 is 35.8 Å². The summed E-state index contributed by atoms with van der Waals surface area (Å²) in [4.78, 5) is 65.9. The summed E-state index contributed by atoms with van der Waals surface area (Å²) in [7, 11) is 0. The number of carboxylic acid groups (broad SMARTS) is 6. The van der Waals surface area contributed by atoms with Gasteiger partial charge < -0.3 is 62.5 Å². The maximum atomic E-state index is 11.0. The average molecular weight is 864 g/mol. The Morgan fingerprint density at radius 3 is 0.527 bits per heavy atom. The molecule has 0 saturated carbocycles. The van der Waals surface area contributed by atoms with Gasteiger partial charge in [-0.3, -0.25) is 28.8 Å². The molecule has 12 unspecified atom stereocenters. The van der Waals surface area contributed by atoms with Crippen molar-refractivity contribution in [3.05, 3.63) is 31.9 Å². The minimum absolute atomic E-state index is 0. The summed E-state index contributed by atoms with van der Waals surface area (Å²) in [5.41, 5.74) is 0. The Morgan fingerprint density at radius 2 is 0.418 bits per heavy atom. The van der Waals surface area contributed by atoms with E-state index in [0.717, 1.165) is 0 Å². The van der Waals surface area contributed by atoms with Gasteiger partial charge >= 0.3 is 55.3 Å². The molecule has 6 saturated heterocycles. The van der Waals surface area contributed by atoms with Crippen LogP contribution >= 0.6 is 0 Å². The number of aliphatic carboxylic acids is 6. The van der Waals surface area contributed by atoms with Crippen LogP contribution in [0.4, 0.5) is 0 Å². The summed E-state index contributed by atoms with van der Waals surface area (Å²) in [6, 6.07) is -0.656. The van der Waals surface area contributed by atoms with Gasteiger partial charge in [0, 0.05) is 0 Å². The number of hydrogen-bond acceptors (Lipinski definition) is 6. The molecule has 0 aromatic rings. The van der Waals surface area contributed by atoms with Crippen LogP contribution in [-0.4, -0.2) is 142 Å². The molecule has 18 nitrogen and oxygen atoms in total. The standard InChI is InChI=1S/3C12H18N2O4.Ru/c3*15-11(16)7-1-3-13-9(5-7)10-6-8(12(17)18)2-4-14-10;/h3*7-10H,1-6H2,(H,15,16)(H,17,18);/q3*-2;+8. The number of carboxylic acids is 6. The predicted octanol–water partition coefficient (Wildman–Crippen LogP) is 4.38. The van der Waals surface area contributed by atoms with Crippen molar-refractivity contribution < 1.29 is 78.9 Å². The van der Waals surface area contributed by atoms with E-state index in [1.54, 1.807) is 0 Å². The number of piperidine rings is 6. The second-order valence-electron chi connectivity index (χ2n) is 15.2. The van der Waals surface area contributed by atoms with Crippen LogP contribution in [0.3, 0.4) is 0 Å². The maximum Gasteiger partial charge on any atom is 8.00 e. The van der Waals surface area contributed by atoms with Crippen molar-refractivity contribution in [2.75, 3.05) is 39.3 Å². The second-order valence-corrected chi connectivity index (χ2v) is 15.2. The van der Waals surface area contributed by atoms with Crippen LogP contribution in [0.15, 0.2) is 0 Å². The fourth-order valence-corrected chi connectivity index (χ4v) is 8.30. The summed E-state index contributed by atoms with van der Waals surface area (Å²) in [5, 5.41) is 80.7. The average Bonchev–Trinajstić information content (AvgIpc) is 3.18. The van der Waals surface area contributed by atoms with Gasteiger partial charge in [0.15, 0.2) is 0 Å². The van der Waals surface area contributed by atoms with Gasteiger partial charge in [0.05, 0.1) is 35.5 Å². The number of carbonyl (C=O) groups is 6. The van der Waals surface area contributed by atoms with E-state index >= 15 is 0 Å². The second kappa shape index (κ2) is 22.8. The first-order valence-electron chi connectivity index (χ1n) is 19.1. The van der Waals surface area contributed by atoms with Gasteiger partial charge in [-0.25, -0.2) is 0 Å². The van der Waals surface area contributed by atoms with Crippen molar-refractivity contribution in [1.82, 2.24) is 0 Å². The molecule has 55 heavy (non-hydrogen) atoms. The molecule has 0 aromatic heterocycles. The Kier molecular flexibility index (Phi) is 19.3. The Morgan fingerprint density at radius 1 is 0.291 bits per heavy atom. The molecule has 6 aliphatic heterocycles. The normalized spacial score (nSPS) is 36.4. The Labute approximate surface area is 333 Å². The van der Waals surface area contributed by atoms with Crippen molar-refractivity contribution in [3.63, 3.8) is 0 Å². The van der Waals surface area contributed by atoms with Gasteiger partial charge in [-0.15, -0.1) is 39.3 Å². The third-order valence-electron chi connectivity index (χ3n) is 11.6. The topological polar surface area (TPSA) is 308 Å². The molecule has 6 heterocycles. The van der Waals surface area contributed by atoms with E-state index in [0.29, 0.717) is 116 Å². The minimum atomic E-state index is -0.777. The monoisotopic (exact) mass is 864 g/mol. The van der Waals surface area contributed by atoms with Gasteiger partial charge in [-0.1, -0.05) is 77.0 Å². The van der Waals surface area contributed by atoms with Crippen molar-refractivity contribution in [2.45, 2.75) is 113 Å². The zero-order chi connectivity index (χ0) is 39.4. The molecule has 0 aromatic carbocycles. The quantitative estimate of drug-likeness (QED) is 0.176. The summed E-state index contributed by atoms with van der Waals surface area (Å²) < 4.78 is 0. The van der Waals surface area contributed by atoms with Crippen LogP contribution in [0.25, 0.3) is 31.9 Å². The molecule has 306 valence electrons. The van der Waals surface area contributed by atoms with Gasteiger partial charge in [0.2, 0.25) is 0 Å². The molecule has 19 heteroatoms. The van der Waals surface area contributed by atoms with E-state index in [4.69, 9.17) is 30.6 Å². The summed E-state index contributed by atoms with van der Waals surface area (Å²) in [6.07, 6.45) is 6.48. The van der Waals surface area contributed by atoms with Crippen LogP contribution in [0.1, 0.15) is 77.0 Å². The molecule has 0 amide bonds. The van der Waals surface area contributed by atoms with Crippen LogP contribution in [-0.2, 0) is 48.2 Å². The fourth-order valence-electron chi connectivity index (χ4n) is 8.30. The van der Waals surface area contributed by atoms with Gasteiger partial charge in [0.25, 0.3) is 0 Å².